The zero-order chi connectivity index (χ0) is 24.9. The maximum atomic E-state index is 15.7. The van der Waals surface area contributed by atoms with E-state index in [-0.39, 0.29) is 40.9 Å². The van der Waals surface area contributed by atoms with Crippen LogP contribution in [0, 0.1) is 23.6 Å². The standard InChI is InChI=1S/C29H41FN2O3/c1-19(2)27(33)26(20-10-4-3-5-11-20)31-28(34)24-16-8-15-23(25(24)30)22-14-9-17-32(18-22)29(35)21-12-6-7-13-21/h8,15-16,19-22,26H,3-7,9-14,17-18H2,1-2H3,(H,31,34)/t22?,26-/m1/s1. The second-order valence-electron chi connectivity index (χ2n) is 11.2. The van der Waals surface area contributed by atoms with Crippen molar-refractivity contribution in [3.8, 4) is 0 Å². The number of carbonyl (C=O) groups is 3. The third kappa shape index (κ3) is 5.95. The van der Waals surface area contributed by atoms with Crippen LogP contribution < -0.4 is 5.32 Å². The minimum atomic E-state index is -0.569. The van der Waals surface area contributed by atoms with Crippen LogP contribution in [0.25, 0.3) is 0 Å². The van der Waals surface area contributed by atoms with Crippen molar-refractivity contribution in [3.05, 3.63) is 35.1 Å². The summed E-state index contributed by atoms with van der Waals surface area (Å²) in [6, 6.07) is 4.42. The van der Waals surface area contributed by atoms with Crippen molar-refractivity contribution in [1.29, 1.82) is 0 Å². The van der Waals surface area contributed by atoms with Crippen LogP contribution in [0.4, 0.5) is 4.39 Å². The van der Waals surface area contributed by atoms with Crippen LogP contribution in [0.5, 0.6) is 0 Å². The number of carbonyl (C=O) groups excluding carboxylic acids is 3. The lowest BCUT2D eigenvalue weighted by Crippen LogP contribution is -2.48. The lowest BCUT2D eigenvalue weighted by atomic mass is 9.80. The third-order valence-corrected chi connectivity index (χ3v) is 8.43. The Morgan fingerprint density at radius 1 is 0.943 bits per heavy atom. The highest BCUT2D eigenvalue weighted by molar-refractivity contribution is 5.98. The molecule has 0 aromatic heterocycles. The first-order chi connectivity index (χ1) is 16.9. The number of hydrogen-bond donors (Lipinski definition) is 1. The highest BCUT2D eigenvalue weighted by atomic mass is 19.1. The summed E-state index contributed by atoms with van der Waals surface area (Å²) in [5.41, 5.74) is 0.505. The molecule has 1 aliphatic heterocycles. The minimum absolute atomic E-state index is 0.000825. The molecule has 35 heavy (non-hydrogen) atoms. The lowest BCUT2D eigenvalue weighted by molar-refractivity contribution is -0.136. The molecule has 0 radical (unpaired) electrons. The largest absolute Gasteiger partial charge is 0.342 e. The highest BCUT2D eigenvalue weighted by Gasteiger charge is 2.35. The Labute approximate surface area is 209 Å². The van der Waals surface area contributed by atoms with Gasteiger partial charge >= 0.3 is 0 Å². The van der Waals surface area contributed by atoms with E-state index < -0.39 is 17.8 Å². The van der Waals surface area contributed by atoms with Crippen molar-refractivity contribution in [2.45, 2.75) is 96.4 Å². The maximum Gasteiger partial charge on any atom is 0.254 e. The van der Waals surface area contributed by atoms with Gasteiger partial charge in [0.05, 0.1) is 11.6 Å². The molecular weight excluding hydrogens is 443 g/mol. The van der Waals surface area contributed by atoms with Gasteiger partial charge in [-0.2, -0.15) is 0 Å². The van der Waals surface area contributed by atoms with Gasteiger partial charge in [-0.05, 0) is 56.1 Å². The first-order valence-electron chi connectivity index (χ1n) is 13.8. The predicted octanol–water partition coefficient (Wildman–Crippen LogP) is 5.63. The molecule has 4 rings (SSSR count). The van der Waals surface area contributed by atoms with E-state index in [1.165, 1.54) is 6.07 Å². The van der Waals surface area contributed by atoms with Gasteiger partial charge in [-0.25, -0.2) is 4.39 Å². The van der Waals surface area contributed by atoms with Crippen molar-refractivity contribution in [3.63, 3.8) is 0 Å². The molecule has 2 atom stereocenters. The van der Waals surface area contributed by atoms with Crippen LogP contribution in [-0.4, -0.2) is 41.6 Å². The highest BCUT2D eigenvalue weighted by Crippen LogP contribution is 2.34. The van der Waals surface area contributed by atoms with Gasteiger partial charge in [-0.1, -0.05) is 58.1 Å². The van der Waals surface area contributed by atoms with Crippen LogP contribution in [-0.2, 0) is 9.59 Å². The quantitative estimate of drug-likeness (QED) is 0.546. The number of piperidine rings is 1. The summed E-state index contributed by atoms with van der Waals surface area (Å²) in [7, 11) is 0. The summed E-state index contributed by atoms with van der Waals surface area (Å²) in [4.78, 5) is 41.1. The molecule has 2 amide bonds. The fourth-order valence-electron chi connectivity index (χ4n) is 6.37. The summed E-state index contributed by atoms with van der Waals surface area (Å²) in [6.07, 6.45) is 10.9. The molecule has 1 aromatic carbocycles. The number of amides is 2. The van der Waals surface area contributed by atoms with Gasteiger partial charge in [0.15, 0.2) is 5.78 Å². The summed E-state index contributed by atoms with van der Waals surface area (Å²) in [5.74, 6) is -0.863. The van der Waals surface area contributed by atoms with E-state index in [0.717, 1.165) is 77.2 Å². The predicted molar refractivity (Wildman–Crippen MR) is 135 cm³/mol. The molecule has 2 saturated carbocycles. The zero-order valence-corrected chi connectivity index (χ0v) is 21.4. The van der Waals surface area contributed by atoms with Crippen LogP contribution in [0.15, 0.2) is 18.2 Å². The van der Waals surface area contributed by atoms with Crippen LogP contribution in [0.1, 0.15) is 106 Å². The van der Waals surface area contributed by atoms with Gasteiger partial charge in [0.2, 0.25) is 5.91 Å². The van der Waals surface area contributed by atoms with E-state index in [2.05, 4.69) is 5.32 Å². The first kappa shape index (κ1) is 25.8. The zero-order valence-electron chi connectivity index (χ0n) is 21.4. The first-order valence-corrected chi connectivity index (χ1v) is 13.8. The van der Waals surface area contributed by atoms with Crippen molar-refractivity contribution in [1.82, 2.24) is 10.2 Å². The Morgan fingerprint density at radius 3 is 2.31 bits per heavy atom. The van der Waals surface area contributed by atoms with Gasteiger partial charge in [-0.3, -0.25) is 14.4 Å². The van der Waals surface area contributed by atoms with Gasteiger partial charge in [0, 0.05) is 30.8 Å². The Balaban J connectivity index is 1.50. The summed E-state index contributed by atoms with van der Waals surface area (Å²) in [5, 5.41) is 2.93. The molecular formula is C29H41FN2O3. The molecule has 0 bridgehead atoms. The summed E-state index contributed by atoms with van der Waals surface area (Å²) < 4.78 is 15.7. The number of ketones is 1. The third-order valence-electron chi connectivity index (χ3n) is 8.43. The average molecular weight is 485 g/mol. The molecule has 3 fully saturated rings. The maximum absolute atomic E-state index is 15.7. The van der Waals surface area contributed by atoms with E-state index in [1.807, 2.05) is 18.7 Å². The molecule has 0 spiro atoms. The number of benzene rings is 1. The molecule has 5 nitrogen and oxygen atoms in total. The second-order valence-corrected chi connectivity index (χ2v) is 11.2. The van der Waals surface area contributed by atoms with Gasteiger partial charge in [-0.15, -0.1) is 0 Å². The van der Waals surface area contributed by atoms with Crippen molar-refractivity contribution >= 4 is 17.6 Å². The second kappa shape index (κ2) is 11.7. The average Bonchev–Trinajstić information content (AvgIpc) is 3.42. The van der Waals surface area contributed by atoms with Crippen molar-refractivity contribution < 1.29 is 18.8 Å². The molecule has 1 aromatic rings. The van der Waals surface area contributed by atoms with E-state index in [9.17, 15) is 14.4 Å². The molecule has 1 unspecified atom stereocenters. The van der Waals surface area contributed by atoms with E-state index in [1.54, 1.807) is 12.1 Å². The molecule has 3 aliphatic rings. The Bertz CT molecular complexity index is 919. The SMILES string of the molecule is CC(C)C(=O)[C@H](NC(=O)c1cccc(C2CCCN(C(=O)C3CCCC3)C2)c1F)C1CCCCC1. The van der Waals surface area contributed by atoms with Crippen molar-refractivity contribution in [2.75, 3.05) is 13.1 Å². The summed E-state index contributed by atoms with van der Waals surface area (Å²) >= 11 is 0. The Kier molecular flexibility index (Phi) is 8.61. The van der Waals surface area contributed by atoms with E-state index in [0.29, 0.717) is 12.1 Å². The fraction of sp³-hybridized carbons (Fsp3) is 0.690. The molecule has 1 N–H and O–H groups in total. The van der Waals surface area contributed by atoms with Gasteiger partial charge in [0.25, 0.3) is 5.91 Å². The minimum Gasteiger partial charge on any atom is -0.342 e. The van der Waals surface area contributed by atoms with Gasteiger partial charge < -0.3 is 10.2 Å². The summed E-state index contributed by atoms with van der Waals surface area (Å²) in [6.45, 7) is 4.95. The monoisotopic (exact) mass is 484 g/mol. The number of rotatable bonds is 7. The molecule has 1 heterocycles. The number of hydrogen-bond acceptors (Lipinski definition) is 3. The number of nitrogens with zero attached hydrogens (tertiary/aromatic N) is 1. The van der Waals surface area contributed by atoms with Crippen LogP contribution in [0.3, 0.4) is 0 Å². The van der Waals surface area contributed by atoms with Crippen LogP contribution in [0.2, 0.25) is 0 Å². The molecule has 1 saturated heterocycles. The molecule has 192 valence electrons. The van der Waals surface area contributed by atoms with Crippen molar-refractivity contribution in [2.24, 2.45) is 17.8 Å². The topological polar surface area (TPSA) is 66.5 Å². The fourth-order valence-corrected chi connectivity index (χ4v) is 6.37. The normalized spacial score (nSPS) is 22.9. The molecule has 6 heteroatoms. The Morgan fingerprint density at radius 2 is 1.63 bits per heavy atom. The number of Topliss-reactive ketones (excluding diaryl/α,β-unsaturated/α-hetero) is 1. The lowest BCUT2D eigenvalue weighted by Gasteiger charge is -2.35. The number of likely N-dealkylation sites (tertiary alicyclic amines) is 1. The van der Waals surface area contributed by atoms with Crippen LogP contribution >= 0.6 is 0 Å². The smallest absolute Gasteiger partial charge is 0.254 e. The number of nitrogens with one attached hydrogen (secondary N) is 1. The Hall–Kier alpha value is -2.24. The van der Waals surface area contributed by atoms with E-state index in [4.69, 9.17) is 0 Å². The molecule has 2 aliphatic carbocycles. The van der Waals surface area contributed by atoms with Gasteiger partial charge in [0.1, 0.15) is 5.82 Å². The van der Waals surface area contributed by atoms with E-state index >= 15 is 4.39 Å². The number of halogens is 1.